The third kappa shape index (κ3) is 5.65. The van der Waals surface area contributed by atoms with Gasteiger partial charge in [-0.3, -0.25) is 24.6 Å². The molecule has 1 aliphatic heterocycles. The van der Waals surface area contributed by atoms with E-state index in [2.05, 4.69) is 0 Å². The molecule has 10 heteroatoms. The summed E-state index contributed by atoms with van der Waals surface area (Å²) in [6.45, 7) is 2.94. The maximum atomic E-state index is 12.5. The van der Waals surface area contributed by atoms with Crippen molar-refractivity contribution < 1.29 is 28.7 Å². The van der Waals surface area contributed by atoms with Crippen LogP contribution >= 0.6 is 11.8 Å². The summed E-state index contributed by atoms with van der Waals surface area (Å²) < 4.78 is 16.5. The van der Waals surface area contributed by atoms with E-state index in [1.165, 1.54) is 19.2 Å². The number of rotatable bonds is 10. The van der Waals surface area contributed by atoms with Gasteiger partial charge in [-0.2, -0.15) is 0 Å². The van der Waals surface area contributed by atoms with Gasteiger partial charge in [-0.05, 0) is 60.2 Å². The maximum absolute atomic E-state index is 12.5. The molecule has 0 bridgehead atoms. The Kier molecular flexibility index (Phi) is 7.85. The Balaban J connectivity index is 1.74. The number of thioether (sulfide) groups is 1. The lowest BCUT2D eigenvalue weighted by Crippen LogP contribution is -2.31. The Labute approximate surface area is 189 Å². The van der Waals surface area contributed by atoms with Crippen molar-refractivity contribution in [2.75, 3.05) is 26.9 Å². The molecule has 3 rings (SSSR count). The minimum atomic E-state index is -0.456. The Bertz CT molecular complexity index is 1040. The van der Waals surface area contributed by atoms with Crippen molar-refractivity contribution in [1.29, 1.82) is 0 Å². The Morgan fingerprint density at radius 1 is 1.09 bits per heavy atom. The van der Waals surface area contributed by atoms with Crippen molar-refractivity contribution in [3.63, 3.8) is 0 Å². The number of amides is 2. The zero-order chi connectivity index (χ0) is 23.1. The molecule has 0 radical (unpaired) electrons. The maximum Gasteiger partial charge on any atom is 0.293 e. The smallest absolute Gasteiger partial charge is 0.293 e. The SMILES string of the molecule is CCOc1cc(/C=C2/SC(=O)N(CCOC)C2=O)ccc1OCc1ccc([N+](=O)[O-])cc1. The number of non-ortho nitro benzene ring substituents is 1. The molecule has 0 aliphatic carbocycles. The molecule has 1 aliphatic rings. The van der Waals surface area contributed by atoms with Crippen LogP contribution < -0.4 is 9.47 Å². The van der Waals surface area contributed by atoms with E-state index in [9.17, 15) is 19.7 Å². The van der Waals surface area contributed by atoms with Crippen LogP contribution in [0.25, 0.3) is 6.08 Å². The highest BCUT2D eigenvalue weighted by Crippen LogP contribution is 2.35. The molecule has 2 aromatic carbocycles. The van der Waals surface area contributed by atoms with Crippen LogP contribution in [-0.2, 0) is 16.1 Å². The minimum absolute atomic E-state index is 0.0137. The van der Waals surface area contributed by atoms with Gasteiger partial charge in [0.05, 0.1) is 29.6 Å². The number of carbonyl (C=O) groups is 2. The number of carbonyl (C=O) groups excluding carboxylic acids is 2. The summed E-state index contributed by atoms with van der Waals surface area (Å²) in [4.78, 5) is 36.4. The van der Waals surface area contributed by atoms with E-state index >= 15 is 0 Å². The molecule has 168 valence electrons. The molecular weight excluding hydrogens is 436 g/mol. The summed E-state index contributed by atoms with van der Waals surface area (Å²) in [5, 5.41) is 10.4. The van der Waals surface area contributed by atoms with Crippen LogP contribution in [0.4, 0.5) is 10.5 Å². The summed E-state index contributed by atoms with van der Waals surface area (Å²) in [6, 6.07) is 11.3. The van der Waals surface area contributed by atoms with Crippen LogP contribution in [0.5, 0.6) is 11.5 Å². The normalized spacial score (nSPS) is 14.8. The Morgan fingerprint density at radius 3 is 2.50 bits per heavy atom. The predicted octanol–water partition coefficient (Wildman–Crippen LogP) is 4.26. The zero-order valence-electron chi connectivity index (χ0n) is 17.6. The molecule has 0 spiro atoms. The number of benzene rings is 2. The molecule has 1 saturated heterocycles. The van der Waals surface area contributed by atoms with Crippen molar-refractivity contribution in [3.05, 3.63) is 68.6 Å². The first kappa shape index (κ1) is 23.3. The summed E-state index contributed by atoms with van der Waals surface area (Å²) in [6.07, 6.45) is 1.64. The monoisotopic (exact) mass is 458 g/mol. The first-order chi connectivity index (χ1) is 15.4. The van der Waals surface area contributed by atoms with E-state index < -0.39 is 4.92 Å². The molecule has 0 aromatic heterocycles. The highest BCUT2D eigenvalue weighted by molar-refractivity contribution is 8.18. The fourth-order valence-corrected chi connectivity index (χ4v) is 3.77. The standard InChI is InChI=1S/C22H22N2O7S/c1-3-30-19-12-16(13-20-21(25)23(10-11-29-2)22(26)32-20)6-9-18(19)31-14-15-4-7-17(8-5-15)24(27)28/h4-9,12-13H,3,10-11,14H2,1-2H3/b20-13+. The number of nitrogens with zero attached hydrogens (tertiary/aromatic N) is 2. The van der Waals surface area contributed by atoms with E-state index in [-0.39, 0.29) is 36.6 Å². The molecule has 1 fully saturated rings. The van der Waals surface area contributed by atoms with Crippen LogP contribution in [0.1, 0.15) is 18.1 Å². The topological polar surface area (TPSA) is 108 Å². The number of hydrogen-bond acceptors (Lipinski definition) is 8. The fraction of sp³-hybridized carbons (Fsp3) is 0.273. The van der Waals surface area contributed by atoms with Gasteiger partial charge in [-0.25, -0.2) is 0 Å². The van der Waals surface area contributed by atoms with Crippen LogP contribution in [0.15, 0.2) is 47.4 Å². The second-order valence-corrected chi connectivity index (χ2v) is 7.67. The Hall–Kier alpha value is -3.37. The highest BCUT2D eigenvalue weighted by Gasteiger charge is 2.34. The van der Waals surface area contributed by atoms with Crippen molar-refractivity contribution in [2.24, 2.45) is 0 Å². The number of nitro benzene ring substituents is 1. The molecule has 0 unspecified atom stereocenters. The van der Waals surface area contributed by atoms with Crippen molar-refractivity contribution in [1.82, 2.24) is 4.90 Å². The van der Waals surface area contributed by atoms with Crippen LogP contribution in [-0.4, -0.2) is 47.8 Å². The largest absolute Gasteiger partial charge is 0.490 e. The van der Waals surface area contributed by atoms with Gasteiger partial charge in [-0.15, -0.1) is 0 Å². The van der Waals surface area contributed by atoms with Gasteiger partial charge < -0.3 is 14.2 Å². The van der Waals surface area contributed by atoms with Crippen LogP contribution in [0.3, 0.4) is 0 Å². The summed E-state index contributed by atoms with van der Waals surface area (Å²) >= 11 is 0.884. The number of nitro groups is 1. The Morgan fingerprint density at radius 2 is 1.84 bits per heavy atom. The zero-order valence-corrected chi connectivity index (χ0v) is 18.4. The molecule has 9 nitrogen and oxygen atoms in total. The molecule has 1 heterocycles. The molecule has 32 heavy (non-hydrogen) atoms. The van der Waals surface area contributed by atoms with Gasteiger partial charge in [0, 0.05) is 19.2 Å². The first-order valence-electron chi connectivity index (χ1n) is 9.80. The van der Waals surface area contributed by atoms with E-state index in [4.69, 9.17) is 14.2 Å². The van der Waals surface area contributed by atoms with E-state index in [1.54, 1.807) is 36.4 Å². The van der Waals surface area contributed by atoms with Crippen LogP contribution in [0.2, 0.25) is 0 Å². The lowest BCUT2D eigenvalue weighted by Gasteiger charge is -2.13. The van der Waals surface area contributed by atoms with Crippen molar-refractivity contribution in [2.45, 2.75) is 13.5 Å². The number of methoxy groups -OCH3 is 1. The second kappa shape index (κ2) is 10.8. The lowest BCUT2D eigenvalue weighted by molar-refractivity contribution is -0.384. The molecule has 0 atom stereocenters. The average Bonchev–Trinajstić information content (AvgIpc) is 3.04. The molecular formula is C22H22N2O7S. The first-order valence-corrected chi connectivity index (χ1v) is 10.6. The summed E-state index contributed by atoms with van der Waals surface area (Å²) in [5.74, 6) is 0.630. The summed E-state index contributed by atoms with van der Waals surface area (Å²) in [5.41, 5.74) is 1.47. The van der Waals surface area contributed by atoms with Crippen molar-refractivity contribution >= 4 is 34.7 Å². The van der Waals surface area contributed by atoms with Gasteiger partial charge in [0.25, 0.3) is 16.8 Å². The summed E-state index contributed by atoms with van der Waals surface area (Å²) in [7, 11) is 1.51. The van der Waals surface area contributed by atoms with Gasteiger partial charge in [0.1, 0.15) is 6.61 Å². The number of imide groups is 1. The van der Waals surface area contributed by atoms with E-state index in [0.29, 0.717) is 28.6 Å². The predicted molar refractivity (Wildman–Crippen MR) is 120 cm³/mol. The van der Waals surface area contributed by atoms with E-state index in [1.807, 2.05) is 6.92 Å². The third-order valence-corrected chi connectivity index (χ3v) is 5.41. The quantitative estimate of drug-likeness (QED) is 0.295. The van der Waals surface area contributed by atoms with Gasteiger partial charge >= 0.3 is 0 Å². The van der Waals surface area contributed by atoms with Gasteiger partial charge in [0.15, 0.2) is 11.5 Å². The lowest BCUT2D eigenvalue weighted by atomic mass is 10.1. The molecule has 2 amide bonds. The van der Waals surface area contributed by atoms with E-state index in [0.717, 1.165) is 22.2 Å². The van der Waals surface area contributed by atoms with Gasteiger partial charge in [-0.1, -0.05) is 6.07 Å². The van der Waals surface area contributed by atoms with Crippen LogP contribution in [0, 0.1) is 10.1 Å². The fourth-order valence-electron chi connectivity index (χ4n) is 2.90. The molecule has 0 saturated carbocycles. The second-order valence-electron chi connectivity index (χ2n) is 6.68. The highest BCUT2D eigenvalue weighted by atomic mass is 32.2. The number of hydrogen-bond donors (Lipinski definition) is 0. The molecule has 2 aromatic rings. The average molecular weight is 458 g/mol. The van der Waals surface area contributed by atoms with Gasteiger partial charge in [0.2, 0.25) is 0 Å². The number of ether oxygens (including phenoxy) is 3. The van der Waals surface area contributed by atoms with Crippen molar-refractivity contribution in [3.8, 4) is 11.5 Å². The molecule has 0 N–H and O–H groups in total. The minimum Gasteiger partial charge on any atom is -0.490 e. The third-order valence-electron chi connectivity index (χ3n) is 4.50.